The zero-order valence-corrected chi connectivity index (χ0v) is 13.5. The molecule has 0 unspecified atom stereocenters. The van der Waals surface area contributed by atoms with E-state index in [0.717, 1.165) is 22.6 Å². The van der Waals surface area contributed by atoms with Gasteiger partial charge in [0, 0.05) is 17.5 Å². The molecule has 0 bridgehead atoms. The minimum atomic E-state index is -0.932. The van der Waals surface area contributed by atoms with E-state index in [2.05, 4.69) is 4.98 Å². The summed E-state index contributed by atoms with van der Waals surface area (Å²) >= 11 is 7.35. The van der Waals surface area contributed by atoms with Gasteiger partial charge in [0.25, 0.3) is 0 Å². The molecular weight excluding hydrogens is 324 g/mol. The van der Waals surface area contributed by atoms with Crippen molar-refractivity contribution in [3.05, 3.63) is 40.0 Å². The second-order valence-corrected chi connectivity index (χ2v) is 6.06. The summed E-state index contributed by atoms with van der Waals surface area (Å²) in [5.74, 6) is -0.294. The summed E-state index contributed by atoms with van der Waals surface area (Å²) in [6, 6.07) is 5.49. The van der Waals surface area contributed by atoms with Crippen LogP contribution >= 0.6 is 22.9 Å². The highest BCUT2D eigenvalue weighted by atomic mass is 35.5. The van der Waals surface area contributed by atoms with Gasteiger partial charge in [0.05, 0.1) is 17.3 Å². The number of rotatable bonds is 4. The first-order valence-electron chi connectivity index (χ1n) is 6.65. The van der Waals surface area contributed by atoms with Crippen LogP contribution in [0.25, 0.3) is 16.2 Å². The zero-order chi connectivity index (χ0) is 15.9. The number of thiazole rings is 1. The lowest BCUT2D eigenvalue weighted by Crippen LogP contribution is -1.96. The summed E-state index contributed by atoms with van der Waals surface area (Å²) < 4.78 is 7.20. The fourth-order valence-electron chi connectivity index (χ4n) is 2.22. The van der Waals surface area contributed by atoms with Gasteiger partial charge in [-0.05, 0) is 32.0 Å². The smallest absolute Gasteiger partial charge is 0.347 e. The highest BCUT2D eigenvalue weighted by Gasteiger charge is 2.17. The molecule has 3 rings (SSSR count). The Morgan fingerprint density at radius 1 is 1.50 bits per heavy atom. The number of carboxylic acids is 1. The summed E-state index contributed by atoms with van der Waals surface area (Å²) in [6.45, 7) is 4.22. The van der Waals surface area contributed by atoms with Crippen molar-refractivity contribution in [2.75, 3.05) is 6.61 Å². The Morgan fingerprint density at radius 3 is 2.86 bits per heavy atom. The fourth-order valence-corrected chi connectivity index (χ4v) is 3.40. The van der Waals surface area contributed by atoms with Crippen LogP contribution in [0.5, 0.6) is 5.75 Å². The second-order valence-electron chi connectivity index (χ2n) is 4.68. The van der Waals surface area contributed by atoms with Crippen molar-refractivity contribution in [1.29, 1.82) is 0 Å². The largest absolute Gasteiger partial charge is 0.492 e. The van der Waals surface area contributed by atoms with E-state index in [1.54, 1.807) is 17.4 Å². The molecule has 0 spiro atoms. The number of imidazole rings is 1. The molecule has 1 N–H and O–H groups in total. The molecule has 5 nitrogen and oxygen atoms in total. The molecule has 2 heterocycles. The maximum atomic E-state index is 11.1. The minimum Gasteiger partial charge on any atom is -0.492 e. The SMILES string of the molecule is CCOc1ccc(-c2cn3c(C)c(C(=O)O)sc3n2)cc1Cl. The van der Waals surface area contributed by atoms with Gasteiger partial charge in [0.2, 0.25) is 0 Å². The quantitative estimate of drug-likeness (QED) is 0.778. The Kier molecular flexibility index (Phi) is 3.80. The van der Waals surface area contributed by atoms with Gasteiger partial charge in [-0.25, -0.2) is 9.78 Å². The van der Waals surface area contributed by atoms with Crippen molar-refractivity contribution in [1.82, 2.24) is 9.38 Å². The van der Waals surface area contributed by atoms with Gasteiger partial charge >= 0.3 is 5.97 Å². The van der Waals surface area contributed by atoms with Crippen LogP contribution in [-0.4, -0.2) is 27.1 Å². The number of aromatic carboxylic acids is 1. The van der Waals surface area contributed by atoms with Gasteiger partial charge in [-0.1, -0.05) is 22.9 Å². The molecule has 22 heavy (non-hydrogen) atoms. The molecule has 0 aliphatic heterocycles. The van der Waals surface area contributed by atoms with Gasteiger partial charge in [-0.15, -0.1) is 0 Å². The summed E-state index contributed by atoms with van der Waals surface area (Å²) in [5.41, 5.74) is 2.28. The second kappa shape index (κ2) is 5.62. The molecule has 114 valence electrons. The predicted molar refractivity (Wildman–Crippen MR) is 86.4 cm³/mol. The standard InChI is InChI=1S/C15H13ClN2O3S/c1-3-21-12-5-4-9(6-10(12)16)11-7-18-8(2)13(14(19)20)22-15(18)17-11/h4-7H,3H2,1-2H3,(H,19,20). The van der Waals surface area contributed by atoms with E-state index in [4.69, 9.17) is 21.4 Å². The molecule has 0 saturated carbocycles. The molecule has 7 heteroatoms. The molecule has 3 aromatic rings. The monoisotopic (exact) mass is 336 g/mol. The van der Waals surface area contributed by atoms with Gasteiger partial charge < -0.3 is 9.84 Å². The Bertz CT molecular complexity index is 869. The first-order valence-corrected chi connectivity index (χ1v) is 7.85. The third kappa shape index (κ3) is 2.44. The number of fused-ring (bicyclic) bond motifs is 1. The van der Waals surface area contributed by atoms with E-state index in [0.29, 0.717) is 32.9 Å². The summed E-state index contributed by atoms with van der Waals surface area (Å²) in [6.07, 6.45) is 1.82. The molecule has 1 aromatic carbocycles. The number of nitrogens with zero attached hydrogens (tertiary/aromatic N) is 2. The van der Waals surface area contributed by atoms with E-state index >= 15 is 0 Å². The van der Waals surface area contributed by atoms with Gasteiger partial charge in [0.1, 0.15) is 10.6 Å². The van der Waals surface area contributed by atoms with E-state index in [1.165, 1.54) is 0 Å². The van der Waals surface area contributed by atoms with E-state index in [1.807, 2.05) is 25.3 Å². The molecule has 0 fully saturated rings. The first kappa shape index (κ1) is 14.9. The number of carbonyl (C=O) groups is 1. The summed E-state index contributed by atoms with van der Waals surface area (Å²) in [5, 5.41) is 9.65. The van der Waals surface area contributed by atoms with Crippen LogP contribution in [-0.2, 0) is 0 Å². The molecular formula is C15H13ClN2O3S. The molecule has 0 amide bonds. The molecule has 0 aliphatic carbocycles. The van der Waals surface area contributed by atoms with Crippen LogP contribution < -0.4 is 4.74 Å². The molecule has 0 aliphatic rings. The third-order valence-corrected chi connectivity index (χ3v) is 4.72. The summed E-state index contributed by atoms with van der Waals surface area (Å²) in [7, 11) is 0. The number of benzene rings is 1. The van der Waals surface area contributed by atoms with E-state index in [9.17, 15) is 4.79 Å². The Labute approximate surface area is 135 Å². The fraction of sp³-hybridized carbons (Fsp3) is 0.200. The number of ether oxygens (including phenoxy) is 1. The van der Waals surface area contributed by atoms with Crippen LogP contribution in [0.15, 0.2) is 24.4 Å². The average molecular weight is 337 g/mol. The maximum absolute atomic E-state index is 11.1. The number of aromatic nitrogens is 2. The molecule has 0 atom stereocenters. The normalized spacial score (nSPS) is 11.0. The zero-order valence-electron chi connectivity index (χ0n) is 12.0. The van der Waals surface area contributed by atoms with Crippen LogP contribution in [0.1, 0.15) is 22.3 Å². The molecule has 0 saturated heterocycles. The number of carboxylic acid groups (broad SMARTS) is 1. The van der Waals surface area contributed by atoms with Crippen molar-refractivity contribution in [2.24, 2.45) is 0 Å². The maximum Gasteiger partial charge on any atom is 0.347 e. The van der Waals surface area contributed by atoms with Gasteiger partial charge in [0.15, 0.2) is 4.96 Å². The lowest BCUT2D eigenvalue weighted by atomic mass is 10.1. The molecule has 2 aromatic heterocycles. The minimum absolute atomic E-state index is 0.304. The van der Waals surface area contributed by atoms with Gasteiger partial charge in [-0.3, -0.25) is 4.40 Å². The summed E-state index contributed by atoms with van der Waals surface area (Å²) in [4.78, 5) is 16.6. The third-order valence-electron chi connectivity index (χ3n) is 3.28. The number of halogens is 1. The highest BCUT2D eigenvalue weighted by molar-refractivity contribution is 7.19. The Balaban J connectivity index is 2.04. The predicted octanol–water partition coefficient (Wildman–Crippen LogP) is 4.12. The van der Waals surface area contributed by atoms with Crippen molar-refractivity contribution < 1.29 is 14.6 Å². The average Bonchev–Trinajstić information content (AvgIpc) is 3.01. The first-order chi connectivity index (χ1) is 10.5. The van der Waals surface area contributed by atoms with E-state index in [-0.39, 0.29) is 0 Å². The lowest BCUT2D eigenvalue weighted by Gasteiger charge is -2.06. The number of hydrogen-bond acceptors (Lipinski definition) is 4. The van der Waals surface area contributed by atoms with Crippen molar-refractivity contribution in [2.45, 2.75) is 13.8 Å². The number of aryl methyl sites for hydroxylation is 1. The van der Waals surface area contributed by atoms with Crippen LogP contribution in [0, 0.1) is 6.92 Å². The van der Waals surface area contributed by atoms with E-state index < -0.39 is 5.97 Å². The van der Waals surface area contributed by atoms with Crippen LogP contribution in [0.3, 0.4) is 0 Å². The van der Waals surface area contributed by atoms with Crippen molar-refractivity contribution in [3.8, 4) is 17.0 Å². The topological polar surface area (TPSA) is 63.8 Å². The van der Waals surface area contributed by atoms with Crippen LogP contribution in [0.2, 0.25) is 5.02 Å². The molecule has 0 radical (unpaired) electrons. The number of hydrogen-bond donors (Lipinski definition) is 1. The van der Waals surface area contributed by atoms with Crippen LogP contribution in [0.4, 0.5) is 0 Å². The Hall–Kier alpha value is -2.05. The lowest BCUT2D eigenvalue weighted by molar-refractivity contribution is 0.0701. The van der Waals surface area contributed by atoms with Crippen molar-refractivity contribution in [3.63, 3.8) is 0 Å². The highest BCUT2D eigenvalue weighted by Crippen LogP contribution is 2.32. The van der Waals surface area contributed by atoms with Gasteiger partial charge in [-0.2, -0.15) is 0 Å². The van der Waals surface area contributed by atoms with Crippen molar-refractivity contribution >= 4 is 33.9 Å². The Morgan fingerprint density at radius 2 is 2.27 bits per heavy atom.